The van der Waals surface area contributed by atoms with Crippen molar-refractivity contribution in [2.45, 2.75) is 44.8 Å². The minimum atomic E-state index is -0.556. The fourth-order valence-electron chi connectivity index (χ4n) is 3.47. The number of rotatable bonds is 8. The van der Waals surface area contributed by atoms with E-state index in [0.717, 1.165) is 17.9 Å². The average Bonchev–Trinajstić information content (AvgIpc) is 2.76. The monoisotopic (exact) mass is 411 g/mol. The molecule has 0 saturated carbocycles. The van der Waals surface area contributed by atoms with E-state index in [1.165, 1.54) is 16.7 Å². The number of carbonyl (C=O) groups is 2. The van der Waals surface area contributed by atoms with Gasteiger partial charge in [-0.25, -0.2) is 0 Å². The first kappa shape index (κ1) is 21.4. The smallest absolute Gasteiger partial charge is 0.246 e. The van der Waals surface area contributed by atoms with Gasteiger partial charge in [-0.2, -0.15) is 11.8 Å². The zero-order valence-corrected chi connectivity index (χ0v) is 17.9. The lowest BCUT2D eigenvalue weighted by atomic mass is 9.95. The third kappa shape index (κ3) is 5.84. The van der Waals surface area contributed by atoms with Gasteiger partial charge in [0.15, 0.2) is 0 Å². The summed E-state index contributed by atoms with van der Waals surface area (Å²) < 4.78 is 0. The van der Waals surface area contributed by atoms with Crippen LogP contribution < -0.4 is 16.0 Å². The van der Waals surface area contributed by atoms with Crippen LogP contribution in [-0.2, 0) is 29.0 Å². The maximum atomic E-state index is 12.9. The lowest BCUT2D eigenvalue weighted by Gasteiger charge is -2.27. The normalized spacial score (nSPS) is 16.6. The Morgan fingerprint density at radius 1 is 1.14 bits per heavy atom. The van der Waals surface area contributed by atoms with E-state index < -0.39 is 6.04 Å². The molecule has 5 nitrogen and oxygen atoms in total. The molecule has 0 spiro atoms. The van der Waals surface area contributed by atoms with Crippen molar-refractivity contribution in [1.82, 2.24) is 10.6 Å². The first-order valence-corrected chi connectivity index (χ1v) is 11.5. The minimum Gasteiger partial charge on any atom is -0.343 e. The Morgan fingerprint density at radius 3 is 2.55 bits per heavy atom. The second-order valence-corrected chi connectivity index (χ2v) is 8.27. The van der Waals surface area contributed by atoms with E-state index in [1.807, 2.05) is 42.7 Å². The van der Waals surface area contributed by atoms with Crippen LogP contribution in [0.3, 0.4) is 0 Å². The van der Waals surface area contributed by atoms with Crippen molar-refractivity contribution in [1.29, 1.82) is 0 Å². The zero-order valence-electron chi connectivity index (χ0n) is 17.0. The molecule has 2 aromatic rings. The van der Waals surface area contributed by atoms with E-state index in [0.29, 0.717) is 19.4 Å². The van der Waals surface area contributed by atoms with Crippen molar-refractivity contribution >= 4 is 29.3 Å². The molecular weight excluding hydrogens is 382 g/mol. The predicted octanol–water partition coefficient (Wildman–Crippen LogP) is 3.14. The second-order valence-electron chi connectivity index (χ2n) is 7.29. The van der Waals surface area contributed by atoms with Crippen molar-refractivity contribution in [3.05, 3.63) is 65.2 Å². The summed E-state index contributed by atoms with van der Waals surface area (Å²) in [7, 11) is 0. The van der Waals surface area contributed by atoms with E-state index in [-0.39, 0.29) is 17.9 Å². The molecule has 2 amide bonds. The number of carbonyl (C=O) groups excluding carboxylic acids is 2. The molecule has 0 aromatic heterocycles. The summed E-state index contributed by atoms with van der Waals surface area (Å²) in [6, 6.07) is 15.1. The molecule has 2 aromatic carbocycles. The third-order valence-corrected chi connectivity index (χ3v) is 5.92. The highest BCUT2D eigenvalue weighted by atomic mass is 32.2. The van der Waals surface area contributed by atoms with E-state index in [1.54, 1.807) is 11.8 Å². The van der Waals surface area contributed by atoms with Gasteiger partial charge in [0.1, 0.15) is 6.04 Å². The van der Waals surface area contributed by atoms with E-state index in [9.17, 15) is 9.59 Å². The fraction of sp³-hybridized carbons (Fsp3) is 0.391. The number of aryl methyl sites for hydroxylation is 1. The van der Waals surface area contributed by atoms with Crippen LogP contribution in [0.2, 0.25) is 0 Å². The van der Waals surface area contributed by atoms with Crippen LogP contribution in [0.5, 0.6) is 0 Å². The highest BCUT2D eigenvalue weighted by Crippen LogP contribution is 2.17. The molecular formula is C23H29N3O2S. The number of amides is 2. The number of thioether (sulfide) groups is 1. The summed E-state index contributed by atoms with van der Waals surface area (Å²) in [5.41, 5.74) is 4.38. The number of benzene rings is 2. The van der Waals surface area contributed by atoms with Crippen LogP contribution in [0.25, 0.3) is 0 Å². The van der Waals surface area contributed by atoms with Crippen molar-refractivity contribution in [3.8, 4) is 0 Å². The average molecular weight is 412 g/mol. The largest absolute Gasteiger partial charge is 0.343 e. The highest BCUT2D eigenvalue weighted by molar-refractivity contribution is 7.98. The molecule has 1 heterocycles. The summed E-state index contributed by atoms with van der Waals surface area (Å²) in [5, 5.41) is 9.20. The molecule has 3 rings (SSSR count). The Bertz CT molecular complexity index is 838. The summed E-state index contributed by atoms with van der Waals surface area (Å²) in [4.78, 5) is 25.7. The number of hydrogen-bond acceptors (Lipinski definition) is 4. The molecule has 0 saturated heterocycles. The van der Waals surface area contributed by atoms with Crippen molar-refractivity contribution in [2.75, 3.05) is 17.3 Å². The molecule has 1 aliphatic rings. The minimum absolute atomic E-state index is 0.123. The molecule has 6 heteroatoms. The highest BCUT2D eigenvalue weighted by Gasteiger charge is 2.28. The van der Waals surface area contributed by atoms with Gasteiger partial charge in [0.2, 0.25) is 11.8 Å². The molecule has 3 N–H and O–H groups in total. The van der Waals surface area contributed by atoms with Gasteiger partial charge in [0, 0.05) is 12.2 Å². The predicted molar refractivity (Wildman–Crippen MR) is 120 cm³/mol. The van der Waals surface area contributed by atoms with Gasteiger partial charge < -0.3 is 16.0 Å². The van der Waals surface area contributed by atoms with Gasteiger partial charge in [-0.15, -0.1) is 0 Å². The van der Waals surface area contributed by atoms with E-state index in [4.69, 9.17) is 0 Å². The summed E-state index contributed by atoms with van der Waals surface area (Å²) >= 11 is 1.67. The van der Waals surface area contributed by atoms with Crippen molar-refractivity contribution in [2.24, 2.45) is 0 Å². The Balaban J connectivity index is 1.63. The van der Waals surface area contributed by atoms with Gasteiger partial charge in [-0.3, -0.25) is 9.59 Å². The Labute approximate surface area is 177 Å². The van der Waals surface area contributed by atoms with E-state index in [2.05, 4.69) is 35.0 Å². The molecule has 0 aliphatic carbocycles. The molecule has 0 fully saturated rings. The first-order valence-electron chi connectivity index (χ1n) is 10.1. The van der Waals surface area contributed by atoms with Gasteiger partial charge in [-0.1, -0.05) is 43.3 Å². The van der Waals surface area contributed by atoms with Crippen LogP contribution in [0.1, 0.15) is 30.0 Å². The second kappa shape index (κ2) is 10.5. The molecule has 0 bridgehead atoms. The Hall–Kier alpha value is -2.31. The molecule has 29 heavy (non-hydrogen) atoms. The molecule has 1 aliphatic heterocycles. The van der Waals surface area contributed by atoms with Crippen LogP contribution in [0.4, 0.5) is 5.69 Å². The van der Waals surface area contributed by atoms with Gasteiger partial charge in [0.25, 0.3) is 0 Å². The van der Waals surface area contributed by atoms with Crippen LogP contribution in [0, 0.1) is 0 Å². The fourth-order valence-corrected chi connectivity index (χ4v) is 3.94. The lowest BCUT2D eigenvalue weighted by molar-refractivity contribution is -0.128. The quantitative estimate of drug-likeness (QED) is 0.624. The molecule has 0 unspecified atom stereocenters. The molecule has 2 atom stereocenters. The van der Waals surface area contributed by atoms with Crippen LogP contribution >= 0.6 is 11.8 Å². The SMILES string of the molecule is CCc1ccc(NC(=O)[C@@H](CCSC)NC(=O)[C@@H]2Cc3ccccc3CN2)cc1. The maximum absolute atomic E-state index is 12.9. The van der Waals surface area contributed by atoms with E-state index >= 15 is 0 Å². The number of nitrogens with one attached hydrogen (secondary N) is 3. The van der Waals surface area contributed by atoms with Crippen molar-refractivity contribution in [3.63, 3.8) is 0 Å². The Morgan fingerprint density at radius 2 is 1.86 bits per heavy atom. The third-order valence-electron chi connectivity index (χ3n) is 5.27. The maximum Gasteiger partial charge on any atom is 0.246 e. The summed E-state index contributed by atoms with van der Waals surface area (Å²) in [6.45, 7) is 2.76. The van der Waals surface area contributed by atoms with Gasteiger partial charge in [-0.05, 0) is 60.1 Å². The van der Waals surface area contributed by atoms with Gasteiger partial charge in [0.05, 0.1) is 6.04 Å². The Kier molecular flexibility index (Phi) is 7.72. The zero-order chi connectivity index (χ0) is 20.6. The van der Waals surface area contributed by atoms with Gasteiger partial charge >= 0.3 is 0 Å². The van der Waals surface area contributed by atoms with Crippen molar-refractivity contribution < 1.29 is 9.59 Å². The molecule has 0 radical (unpaired) electrons. The number of hydrogen-bond donors (Lipinski definition) is 3. The molecule has 154 valence electrons. The summed E-state index contributed by atoms with van der Waals surface area (Å²) in [5.74, 6) is 0.503. The first-order chi connectivity index (χ1) is 14.1. The standard InChI is InChI=1S/C23H29N3O2S/c1-3-16-8-10-19(11-9-16)25-22(27)20(12-13-29-2)26-23(28)21-14-17-6-4-5-7-18(17)15-24-21/h4-11,20-21,24H,3,12-15H2,1-2H3,(H,25,27)(H,26,28)/t20-,21+/m1/s1. The number of anilines is 1. The van der Waals surface area contributed by atoms with Crippen LogP contribution in [0.15, 0.2) is 48.5 Å². The topological polar surface area (TPSA) is 70.2 Å². The van der Waals surface area contributed by atoms with Crippen LogP contribution in [-0.4, -0.2) is 35.9 Å². The lowest BCUT2D eigenvalue weighted by Crippen LogP contribution is -2.53. The summed E-state index contributed by atoms with van der Waals surface area (Å²) in [6.07, 6.45) is 4.18. The number of fused-ring (bicyclic) bond motifs is 1.